The predicted octanol–water partition coefficient (Wildman–Crippen LogP) is 6.09. The van der Waals surface area contributed by atoms with Crippen LogP contribution in [0.4, 0.5) is 0 Å². The van der Waals surface area contributed by atoms with Gasteiger partial charge in [0, 0.05) is 24.2 Å². The van der Waals surface area contributed by atoms with Crippen molar-refractivity contribution in [3.63, 3.8) is 0 Å². The number of carbonyl (C=O) groups is 2. The zero-order valence-electron chi connectivity index (χ0n) is 25.1. The number of amides is 2. The Morgan fingerprint density at radius 2 is 0.955 bits per heavy atom. The summed E-state index contributed by atoms with van der Waals surface area (Å²) in [5.74, 6) is 0.696. The molecule has 2 atom stereocenters. The third-order valence-corrected chi connectivity index (χ3v) is 6.78. The molecule has 4 aromatic rings. The van der Waals surface area contributed by atoms with Gasteiger partial charge in [-0.3, -0.25) is 9.59 Å². The third kappa shape index (κ3) is 9.66. The summed E-state index contributed by atoms with van der Waals surface area (Å²) in [7, 11) is 0. The zero-order valence-corrected chi connectivity index (χ0v) is 25.1. The highest BCUT2D eigenvalue weighted by Crippen LogP contribution is 2.20. The van der Waals surface area contributed by atoms with Crippen LogP contribution < -0.4 is 20.1 Å². The lowest BCUT2D eigenvalue weighted by Gasteiger charge is -2.18. The fourth-order valence-corrected chi connectivity index (χ4v) is 4.33. The minimum atomic E-state index is -0.655. The van der Waals surface area contributed by atoms with E-state index in [2.05, 4.69) is 20.8 Å². The van der Waals surface area contributed by atoms with Crippen LogP contribution >= 0.6 is 0 Å². The topological polar surface area (TPSA) is 101 Å². The molecule has 0 aliphatic heterocycles. The lowest BCUT2D eigenvalue weighted by molar-refractivity contribution is -0.129. The van der Waals surface area contributed by atoms with Crippen LogP contribution in [0.2, 0.25) is 0 Å². The summed E-state index contributed by atoms with van der Waals surface area (Å²) in [5.41, 5.74) is 3.41. The van der Waals surface area contributed by atoms with Crippen LogP contribution in [0.25, 0.3) is 0 Å². The van der Waals surface area contributed by atoms with E-state index in [-0.39, 0.29) is 11.8 Å². The summed E-state index contributed by atoms with van der Waals surface area (Å²) in [6.07, 6.45) is 2.86. The lowest BCUT2D eigenvalue weighted by Crippen LogP contribution is -2.37. The number of rotatable bonds is 15. The second-order valence-electron chi connectivity index (χ2n) is 10.0. The monoisotopic (exact) mass is 590 g/mol. The van der Waals surface area contributed by atoms with Crippen molar-refractivity contribution in [1.29, 1.82) is 0 Å². The Labute approximate surface area is 258 Å². The van der Waals surface area contributed by atoms with Gasteiger partial charge in [0.15, 0.2) is 12.2 Å². The third-order valence-electron chi connectivity index (χ3n) is 6.78. The Balaban J connectivity index is 1.37. The highest BCUT2D eigenvalue weighted by Gasteiger charge is 2.20. The average molecular weight is 591 g/mol. The predicted molar refractivity (Wildman–Crippen MR) is 174 cm³/mol. The molecule has 0 fully saturated rings. The number of carbonyl (C=O) groups excluding carboxylic acids is 2. The van der Waals surface area contributed by atoms with Crippen molar-refractivity contribution in [2.24, 2.45) is 10.2 Å². The second-order valence-corrected chi connectivity index (χ2v) is 10.0. The van der Waals surface area contributed by atoms with Gasteiger partial charge in [0.1, 0.15) is 11.5 Å². The Kier molecular flexibility index (Phi) is 12.3. The van der Waals surface area contributed by atoms with Gasteiger partial charge in [-0.1, -0.05) is 98.8 Å². The van der Waals surface area contributed by atoms with Gasteiger partial charge < -0.3 is 20.1 Å². The molecule has 0 radical (unpaired) electrons. The normalized spacial score (nSPS) is 12.5. The maximum absolute atomic E-state index is 12.8. The Morgan fingerprint density at radius 3 is 1.34 bits per heavy atom. The standard InChI is InChI=1S/C36H38N4O4/c1-3-31(35(41)37-23-27-15-7-5-8-16-27)43-33-21-13-11-19-29(33)25-39-40-26-30-20-12-14-22-34(30)44-32(4-2)36(42)38-24-28-17-9-6-10-18-28/h5-22,25-26,31-32H,3-4,23-24H2,1-2H3,(H,37,41)(H,38,42)/b39-25+,40-26+. The molecule has 226 valence electrons. The van der Waals surface area contributed by atoms with Crippen molar-refractivity contribution in [1.82, 2.24) is 10.6 Å². The van der Waals surface area contributed by atoms with Crippen LogP contribution in [0.1, 0.15) is 48.9 Å². The van der Waals surface area contributed by atoms with Crippen molar-refractivity contribution in [3.8, 4) is 11.5 Å². The highest BCUT2D eigenvalue weighted by atomic mass is 16.5. The molecule has 8 nitrogen and oxygen atoms in total. The smallest absolute Gasteiger partial charge is 0.261 e. The van der Waals surface area contributed by atoms with Gasteiger partial charge >= 0.3 is 0 Å². The molecule has 2 N–H and O–H groups in total. The first-order valence-electron chi connectivity index (χ1n) is 14.8. The summed E-state index contributed by atoms with van der Waals surface area (Å²) in [6.45, 7) is 4.67. The maximum atomic E-state index is 12.8. The van der Waals surface area contributed by atoms with E-state index in [0.717, 1.165) is 11.1 Å². The molecule has 0 saturated heterocycles. The Morgan fingerprint density at radius 1 is 0.591 bits per heavy atom. The van der Waals surface area contributed by atoms with E-state index in [4.69, 9.17) is 9.47 Å². The molecule has 0 spiro atoms. The SMILES string of the molecule is CCC(Oc1ccccc1/C=N/N=C/c1ccccc1OC(CC)C(=O)NCc1ccccc1)C(=O)NCc1ccccc1. The minimum Gasteiger partial charge on any atom is -0.480 e. The molecule has 8 heteroatoms. The largest absolute Gasteiger partial charge is 0.480 e. The summed E-state index contributed by atoms with van der Waals surface area (Å²) in [5, 5.41) is 14.3. The number of nitrogens with one attached hydrogen (secondary N) is 2. The van der Waals surface area contributed by atoms with Gasteiger partial charge in [-0.05, 0) is 48.2 Å². The fourth-order valence-electron chi connectivity index (χ4n) is 4.33. The molecule has 4 aromatic carbocycles. The Bertz CT molecular complexity index is 1420. The van der Waals surface area contributed by atoms with E-state index in [9.17, 15) is 9.59 Å². The zero-order chi connectivity index (χ0) is 31.0. The van der Waals surface area contributed by atoms with E-state index in [1.54, 1.807) is 24.6 Å². The van der Waals surface area contributed by atoms with Gasteiger partial charge in [0.2, 0.25) is 0 Å². The minimum absolute atomic E-state index is 0.183. The van der Waals surface area contributed by atoms with Gasteiger partial charge in [-0.15, -0.1) is 0 Å². The van der Waals surface area contributed by atoms with E-state index >= 15 is 0 Å². The summed E-state index contributed by atoms with van der Waals surface area (Å²) >= 11 is 0. The molecule has 0 saturated carbocycles. The lowest BCUT2D eigenvalue weighted by atomic mass is 10.2. The molecule has 0 aliphatic carbocycles. The molecule has 0 bridgehead atoms. The van der Waals surface area contributed by atoms with E-state index in [0.29, 0.717) is 48.6 Å². The molecule has 44 heavy (non-hydrogen) atoms. The summed E-state index contributed by atoms with van der Waals surface area (Å²) < 4.78 is 12.2. The van der Waals surface area contributed by atoms with Crippen LogP contribution in [-0.4, -0.2) is 36.5 Å². The number of hydrogen-bond donors (Lipinski definition) is 2. The number of benzene rings is 4. The molecular weight excluding hydrogens is 552 g/mol. The average Bonchev–Trinajstić information content (AvgIpc) is 3.07. The summed E-state index contributed by atoms with van der Waals surface area (Å²) in [6, 6.07) is 34.2. The molecule has 0 aliphatic rings. The maximum Gasteiger partial charge on any atom is 0.261 e. The number of para-hydroxylation sites is 2. The van der Waals surface area contributed by atoms with Crippen molar-refractivity contribution < 1.29 is 19.1 Å². The molecule has 0 aromatic heterocycles. The van der Waals surface area contributed by atoms with Crippen LogP contribution in [0.3, 0.4) is 0 Å². The highest BCUT2D eigenvalue weighted by molar-refractivity contribution is 5.87. The quantitative estimate of drug-likeness (QED) is 0.129. The number of hydrogen-bond acceptors (Lipinski definition) is 6. The first-order chi connectivity index (χ1) is 21.6. The molecule has 2 unspecified atom stereocenters. The number of ether oxygens (including phenoxy) is 2. The van der Waals surface area contributed by atoms with Crippen molar-refractivity contribution in [2.45, 2.75) is 52.0 Å². The van der Waals surface area contributed by atoms with Gasteiger partial charge in [0.25, 0.3) is 11.8 Å². The van der Waals surface area contributed by atoms with E-state index < -0.39 is 12.2 Å². The van der Waals surface area contributed by atoms with Crippen molar-refractivity contribution in [3.05, 3.63) is 131 Å². The van der Waals surface area contributed by atoms with E-state index in [1.165, 1.54) is 0 Å². The van der Waals surface area contributed by atoms with Gasteiger partial charge in [0.05, 0.1) is 12.4 Å². The fraction of sp³-hybridized carbons (Fsp3) is 0.222. The van der Waals surface area contributed by atoms with Gasteiger partial charge in [-0.2, -0.15) is 10.2 Å². The molecule has 2 amide bonds. The summed E-state index contributed by atoms with van der Waals surface area (Å²) in [4.78, 5) is 25.6. The second kappa shape index (κ2) is 17.0. The van der Waals surface area contributed by atoms with E-state index in [1.807, 2.05) is 111 Å². The molecule has 0 heterocycles. The van der Waals surface area contributed by atoms with Crippen molar-refractivity contribution >= 4 is 24.2 Å². The van der Waals surface area contributed by atoms with Crippen LogP contribution in [0.5, 0.6) is 11.5 Å². The first-order valence-corrected chi connectivity index (χ1v) is 14.8. The Hall–Kier alpha value is -5.24. The first kappa shape index (κ1) is 31.7. The number of nitrogens with zero attached hydrogens (tertiary/aromatic N) is 2. The van der Waals surface area contributed by atoms with Crippen LogP contribution in [0.15, 0.2) is 119 Å². The van der Waals surface area contributed by atoms with Crippen LogP contribution in [-0.2, 0) is 22.7 Å². The van der Waals surface area contributed by atoms with Crippen molar-refractivity contribution in [2.75, 3.05) is 0 Å². The molecular formula is C36H38N4O4. The molecule has 4 rings (SSSR count). The van der Waals surface area contributed by atoms with Crippen LogP contribution in [0, 0.1) is 0 Å². The van der Waals surface area contributed by atoms with Gasteiger partial charge in [-0.25, -0.2) is 0 Å².